The fraction of sp³-hybridized carbons (Fsp3) is 0.214. The van der Waals surface area contributed by atoms with E-state index in [2.05, 4.69) is 5.32 Å². The Balaban J connectivity index is 1.95. The summed E-state index contributed by atoms with van der Waals surface area (Å²) < 4.78 is 1.94. The average molecular weight is 228 g/mol. The molecule has 1 aromatic heterocycles. The van der Waals surface area contributed by atoms with E-state index >= 15 is 0 Å². The number of carbonyl (C=O) groups is 1. The van der Waals surface area contributed by atoms with Crippen molar-refractivity contribution >= 4 is 11.6 Å². The van der Waals surface area contributed by atoms with E-state index in [0.29, 0.717) is 6.42 Å². The molecule has 3 heteroatoms. The lowest BCUT2D eigenvalue weighted by atomic mass is 10.2. The van der Waals surface area contributed by atoms with Gasteiger partial charge in [0.2, 0.25) is 5.91 Å². The third-order valence-corrected chi connectivity index (χ3v) is 2.59. The summed E-state index contributed by atoms with van der Waals surface area (Å²) in [5.41, 5.74) is 3.06. The Morgan fingerprint density at radius 3 is 2.53 bits per heavy atom. The summed E-state index contributed by atoms with van der Waals surface area (Å²) in [5, 5.41) is 2.88. The second-order valence-electron chi connectivity index (χ2n) is 4.28. The molecule has 1 N–H and O–H groups in total. The minimum Gasteiger partial charge on any atom is -0.357 e. The molecule has 1 aromatic carbocycles. The van der Waals surface area contributed by atoms with Gasteiger partial charge in [-0.25, -0.2) is 0 Å². The van der Waals surface area contributed by atoms with E-state index in [1.54, 1.807) is 0 Å². The highest BCUT2D eigenvalue weighted by molar-refractivity contribution is 5.92. The monoisotopic (exact) mass is 228 g/mol. The Morgan fingerprint density at radius 1 is 1.24 bits per heavy atom. The summed E-state index contributed by atoms with van der Waals surface area (Å²) >= 11 is 0. The van der Waals surface area contributed by atoms with Crippen LogP contribution in [0.2, 0.25) is 0 Å². The largest absolute Gasteiger partial charge is 0.357 e. The first kappa shape index (κ1) is 11.5. The predicted molar refractivity (Wildman–Crippen MR) is 68.9 cm³/mol. The summed E-state index contributed by atoms with van der Waals surface area (Å²) in [7, 11) is 1.95. The van der Waals surface area contributed by atoms with Crippen LogP contribution in [0.3, 0.4) is 0 Å². The molecule has 3 nitrogen and oxygen atoms in total. The average Bonchev–Trinajstić information content (AvgIpc) is 2.67. The molecule has 0 radical (unpaired) electrons. The quantitative estimate of drug-likeness (QED) is 0.860. The van der Waals surface area contributed by atoms with Crippen molar-refractivity contribution in [2.75, 3.05) is 5.32 Å². The zero-order valence-corrected chi connectivity index (χ0v) is 10.1. The van der Waals surface area contributed by atoms with Crippen LogP contribution >= 0.6 is 0 Å². The zero-order valence-electron chi connectivity index (χ0n) is 10.1. The van der Waals surface area contributed by atoms with Gasteiger partial charge in [0, 0.05) is 25.1 Å². The van der Waals surface area contributed by atoms with Gasteiger partial charge >= 0.3 is 0 Å². The molecule has 0 bridgehead atoms. The number of benzene rings is 1. The molecular weight excluding hydrogens is 212 g/mol. The molecule has 1 heterocycles. The molecular formula is C14H16N2O. The SMILES string of the molecule is Cc1ccc(NC(=O)Cc2ccn(C)c2)cc1. The summed E-state index contributed by atoms with van der Waals surface area (Å²) in [6.07, 6.45) is 4.30. The van der Waals surface area contributed by atoms with E-state index in [-0.39, 0.29) is 5.91 Å². The van der Waals surface area contributed by atoms with Gasteiger partial charge in [0.1, 0.15) is 0 Å². The summed E-state index contributed by atoms with van der Waals surface area (Å²) in [6, 6.07) is 9.75. The Kier molecular flexibility index (Phi) is 3.28. The van der Waals surface area contributed by atoms with Gasteiger partial charge in [-0.05, 0) is 30.7 Å². The molecule has 0 aliphatic carbocycles. The molecule has 2 aromatic rings. The zero-order chi connectivity index (χ0) is 12.3. The highest BCUT2D eigenvalue weighted by Gasteiger charge is 2.04. The predicted octanol–water partition coefficient (Wildman–Crippen LogP) is 2.51. The van der Waals surface area contributed by atoms with Crippen LogP contribution in [0, 0.1) is 6.92 Å². The van der Waals surface area contributed by atoms with E-state index in [1.165, 1.54) is 5.56 Å². The van der Waals surface area contributed by atoms with Gasteiger partial charge < -0.3 is 9.88 Å². The van der Waals surface area contributed by atoms with Gasteiger partial charge in [-0.1, -0.05) is 17.7 Å². The van der Waals surface area contributed by atoms with Crippen LogP contribution in [0.5, 0.6) is 0 Å². The molecule has 0 atom stereocenters. The fourth-order valence-electron chi connectivity index (χ4n) is 1.69. The van der Waals surface area contributed by atoms with Crippen molar-refractivity contribution in [1.82, 2.24) is 4.57 Å². The highest BCUT2D eigenvalue weighted by atomic mass is 16.1. The van der Waals surface area contributed by atoms with E-state index in [9.17, 15) is 4.79 Å². The number of anilines is 1. The second-order valence-corrected chi connectivity index (χ2v) is 4.28. The lowest BCUT2D eigenvalue weighted by Gasteiger charge is -2.04. The van der Waals surface area contributed by atoms with Gasteiger partial charge in [-0.3, -0.25) is 4.79 Å². The first-order valence-electron chi connectivity index (χ1n) is 5.61. The van der Waals surface area contributed by atoms with Gasteiger partial charge in [0.05, 0.1) is 6.42 Å². The van der Waals surface area contributed by atoms with Crippen LogP contribution in [-0.2, 0) is 18.3 Å². The lowest BCUT2D eigenvalue weighted by molar-refractivity contribution is -0.115. The fourth-order valence-corrected chi connectivity index (χ4v) is 1.69. The summed E-state index contributed by atoms with van der Waals surface area (Å²) in [4.78, 5) is 11.8. The smallest absolute Gasteiger partial charge is 0.228 e. The maximum Gasteiger partial charge on any atom is 0.228 e. The molecule has 0 fully saturated rings. The second kappa shape index (κ2) is 4.87. The van der Waals surface area contributed by atoms with Crippen molar-refractivity contribution in [3.8, 4) is 0 Å². The van der Waals surface area contributed by atoms with Crippen molar-refractivity contribution < 1.29 is 4.79 Å². The Labute approximate surface area is 101 Å². The third kappa shape index (κ3) is 3.21. The lowest BCUT2D eigenvalue weighted by Crippen LogP contribution is -2.13. The van der Waals surface area contributed by atoms with Gasteiger partial charge in [0.25, 0.3) is 0 Å². The number of nitrogens with one attached hydrogen (secondary N) is 1. The number of aromatic nitrogens is 1. The minimum atomic E-state index is 0.0139. The van der Waals surface area contributed by atoms with E-state index in [1.807, 2.05) is 61.3 Å². The molecule has 0 spiro atoms. The van der Waals surface area contributed by atoms with Crippen molar-refractivity contribution in [2.45, 2.75) is 13.3 Å². The van der Waals surface area contributed by atoms with Crippen LogP contribution in [0.25, 0.3) is 0 Å². The number of amides is 1. The van der Waals surface area contributed by atoms with Crippen molar-refractivity contribution in [2.24, 2.45) is 7.05 Å². The molecule has 0 aliphatic rings. The van der Waals surface area contributed by atoms with E-state index < -0.39 is 0 Å². The molecule has 17 heavy (non-hydrogen) atoms. The van der Waals surface area contributed by atoms with Crippen LogP contribution in [0.1, 0.15) is 11.1 Å². The Bertz CT molecular complexity index is 511. The van der Waals surface area contributed by atoms with Crippen LogP contribution in [-0.4, -0.2) is 10.5 Å². The summed E-state index contributed by atoms with van der Waals surface area (Å²) in [6.45, 7) is 2.02. The van der Waals surface area contributed by atoms with E-state index in [4.69, 9.17) is 0 Å². The van der Waals surface area contributed by atoms with Crippen LogP contribution in [0.15, 0.2) is 42.7 Å². The number of hydrogen-bond acceptors (Lipinski definition) is 1. The maximum atomic E-state index is 11.8. The highest BCUT2D eigenvalue weighted by Crippen LogP contribution is 2.09. The molecule has 0 aliphatic heterocycles. The van der Waals surface area contributed by atoms with Crippen LogP contribution in [0.4, 0.5) is 5.69 Å². The maximum absolute atomic E-state index is 11.8. The van der Waals surface area contributed by atoms with Crippen molar-refractivity contribution in [1.29, 1.82) is 0 Å². The molecule has 2 rings (SSSR count). The van der Waals surface area contributed by atoms with Gasteiger partial charge in [-0.2, -0.15) is 0 Å². The standard InChI is InChI=1S/C14H16N2O/c1-11-3-5-13(6-4-11)15-14(17)9-12-7-8-16(2)10-12/h3-8,10H,9H2,1-2H3,(H,15,17). The number of hydrogen-bond donors (Lipinski definition) is 1. The number of rotatable bonds is 3. The molecule has 0 unspecified atom stereocenters. The molecule has 0 saturated carbocycles. The number of aryl methyl sites for hydroxylation is 2. The normalized spacial score (nSPS) is 10.2. The molecule has 88 valence electrons. The molecule has 1 amide bonds. The topological polar surface area (TPSA) is 34.0 Å². The Hall–Kier alpha value is -2.03. The Morgan fingerprint density at radius 2 is 1.94 bits per heavy atom. The van der Waals surface area contributed by atoms with Crippen molar-refractivity contribution in [3.05, 3.63) is 53.9 Å². The van der Waals surface area contributed by atoms with Crippen LogP contribution < -0.4 is 5.32 Å². The van der Waals surface area contributed by atoms with E-state index in [0.717, 1.165) is 11.3 Å². The van der Waals surface area contributed by atoms with Crippen molar-refractivity contribution in [3.63, 3.8) is 0 Å². The number of nitrogens with zero attached hydrogens (tertiary/aromatic N) is 1. The number of carbonyl (C=O) groups excluding carboxylic acids is 1. The molecule has 0 saturated heterocycles. The first-order valence-corrected chi connectivity index (χ1v) is 5.61. The third-order valence-electron chi connectivity index (χ3n) is 2.59. The van der Waals surface area contributed by atoms with Gasteiger partial charge in [0.15, 0.2) is 0 Å². The summed E-state index contributed by atoms with van der Waals surface area (Å²) in [5.74, 6) is 0.0139. The first-order chi connectivity index (χ1) is 8.13. The minimum absolute atomic E-state index is 0.0139. The van der Waals surface area contributed by atoms with Gasteiger partial charge in [-0.15, -0.1) is 0 Å².